The molecule has 6 heteroatoms. The Hall–Kier alpha value is -2.60. The van der Waals surface area contributed by atoms with Crippen molar-refractivity contribution in [2.75, 3.05) is 0 Å². The third kappa shape index (κ3) is 3.44. The van der Waals surface area contributed by atoms with Crippen LogP contribution < -0.4 is 11.3 Å². The maximum absolute atomic E-state index is 12.9. The van der Waals surface area contributed by atoms with Crippen LogP contribution in [-0.4, -0.2) is 15.5 Å². The third-order valence-electron chi connectivity index (χ3n) is 3.88. The van der Waals surface area contributed by atoms with Crippen LogP contribution in [0.5, 0.6) is 0 Å². The molecule has 2 N–H and O–H groups in total. The van der Waals surface area contributed by atoms with Gasteiger partial charge in [-0.3, -0.25) is 14.2 Å². The first-order valence-electron chi connectivity index (χ1n) is 8.01. The van der Waals surface area contributed by atoms with Crippen molar-refractivity contribution in [2.24, 2.45) is 5.73 Å². The van der Waals surface area contributed by atoms with Crippen molar-refractivity contribution in [1.82, 2.24) is 9.55 Å². The van der Waals surface area contributed by atoms with Crippen LogP contribution in [0.1, 0.15) is 30.7 Å². The Kier molecular flexibility index (Phi) is 4.90. The molecule has 5 nitrogen and oxygen atoms in total. The minimum absolute atomic E-state index is 0.0867. The molecule has 1 atom stereocenters. The molecule has 1 aromatic heterocycles. The lowest BCUT2D eigenvalue weighted by Gasteiger charge is -2.19. The van der Waals surface area contributed by atoms with Crippen molar-refractivity contribution in [3.63, 3.8) is 0 Å². The van der Waals surface area contributed by atoms with Gasteiger partial charge in [0.1, 0.15) is 5.25 Å². The van der Waals surface area contributed by atoms with Crippen LogP contribution in [0.25, 0.3) is 10.9 Å². The maximum Gasteiger partial charge on any atom is 0.262 e. The van der Waals surface area contributed by atoms with E-state index in [1.54, 1.807) is 16.7 Å². The Balaban J connectivity index is 2.15. The molecule has 0 saturated heterocycles. The van der Waals surface area contributed by atoms with Gasteiger partial charge in [-0.25, -0.2) is 4.98 Å². The van der Waals surface area contributed by atoms with Gasteiger partial charge in [-0.15, -0.1) is 0 Å². The van der Waals surface area contributed by atoms with Crippen LogP contribution in [0, 0.1) is 0 Å². The zero-order valence-corrected chi connectivity index (χ0v) is 14.9. The van der Waals surface area contributed by atoms with E-state index in [1.807, 2.05) is 56.3 Å². The van der Waals surface area contributed by atoms with E-state index in [2.05, 4.69) is 4.98 Å². The first-order chi connectivity index (χ1) is 12.0. The Bertz CT molecular complexity index is 967. The van der Waals surface area contributed by atoms with Crippen molar-refractivity contribution in [3.05, 3.63) is 70.5 Å². The number of primary amides is 1. The highest BCUT2D eigenvalue weighted by Crippen LogP contribution is 2.34. The average Bonchev–Trinajstić information content (AvgIpc) is 2.60. The standard InChI is InChI=1S/C19H19N3O2S/c1-12(2)22-18(24)14-10-6-7-11-15(14)21-19(22)25-16(17(20)23)13-8-4-3-5-9-13/h3-12,16H,1-2H3,(H2,20,23)/t16-/m1/s1. The molecule has 3 rings (SSSR count). The van der Waals surface area contributed by atoms with Gasteiger partial charge in [-0.05, 0) is 31.5 Å². The van der Waals surface area contributed by atoms with Gasteiger partial charge in [0.2, 0.25) is 5.91 Å². The zero-order chi connectivity index (χ0) is 18.0. The Morgan fingerprint density at radius 3 is 2.36 bits per heavy atom. The number of rotatable bonds is 5. The molecule has 0 spiro atoms. The van der Waals surface area contributed by atoms with Crippen LogP contribution in [0.3, 0.4) is 0 Å². The minimum atomic E-state index is -0.612. The topological polar surface area (TPSA) is 78.0 Å². The lowest BCUT2D eigenvalue weighted by atomic mass is 10.1. The molecule has 0 bridgehead atoms. The fourth-order valence-corrected chi connectivity index (χ4v) is 3.87. The van der Waals surface area contributed by atoms with Crippen LogP contribution >= 0.6 is 11.8 Å². The minimum Gasteiger partial charge on any atom is -0.368 e. The van der Waals surface area contributed by atoms with Gasteiger partial charge in [-0.2, -0.15) is 0 Å². The number of benzene rings is 2. The van der Waals surface area contributed by atoms with Crippen molar-refractivity contribution < 1.29 is 4.79 Å². The Morgan fingerprint density at radius 2 is 1.72 bits per heavy atom. The number of fused-ring (bicyclic) bond motifs is 1. The van der Waals surface area contributed by atoms with E-state index >= 15 is 0 Å². The van der Waals surface area contributed by atoms with Crippen molar-refractivity contribution in [1.29, 1.82) is 0 Å². The fraction of sp³-hybridized carbons (Fsp3) is 0.211. The molecule has 0 aliphatic rings. The predicted molar refractivity (Wildman–Crippen MR) is 101 cm³/mol. The summed E-state index contributed by atoms with van der Waals surface area (Å²) in [6.45, 7) is 3.84. The van der Waals surface area contributed by atoms with Gasteiger partial charge >= 0.3 is 0 Å². The molecule has 0 saturated carbocycles. The van der Waals surface area contributed by atoms with Gasteiger partial charge in [0.15, 0.2) is 5.16 Å². The van der Waals surface area contributed by atoms with E-state index in [-0.39, 0.29) is 11.6 Å². The van der Waals surface area contributed by atoms with Gasteiger partial charge in [-0.1, -0.05) is 54.2 Å². The quantitative estimate of drug-likeness (QED) is 0.564. The number of carbonyl (C=O) groups excluding carboxylic acids is 1. The molecule has 2 aromatic carbocycles. The largest absolute Gasteiger partial charge is 0.368 e. The SMILES string of the molecule is CC(C)n1c(S[C@@H](C(N)=O)c2ccccc2)nc2ccccc2c1=O. The molecule has 0 aliphatic carbocycles. The molecule has 128 valence electrons. The first kappa shape index (κ1) is 17.2. The molecule has 0 radical (unpaired) electrons. The van der Waals surface area contributed by atoms with E-state index in [9.17, 15) is 9.59 Å². The average molecular weight is 353 g/mol. The molecular formula is C19H19N3O2S. The summed E-state index contributed by atoms with van der Waals surface area (Å²) in [7, 11) is 0. The number of hydrogen-bond acceptors (Lipinski definition) is 4. The van der Waals surface area contributed by atoms with Crippen LogP contribution in [-0.2, 0) is 4.79 Å². The fourth-order valence-electron chi connectivity index (χ4n) is 2.69. The number of para-hydroxylation sites is 1. The van der Waals surface area contributed by atoms with Gasteiger partial charge in [0.05, 0.1) is 10.9 Å². The van der Waals surface area contributed by atoms with E-state index < -0.39 is 11.2 Å². The number of carbonyl (C=O) groups is 1. The third-order valence-corrected chi connectivity index (χ3v) is 5.11. The van der Waals surface area contributed by atoms with E-state index in [4.69, 9.17) is 5.73 Å². The second kappa shape index (κ2) is 7.11. The monoisotopic (exact) mass is 353 g/mol. The highest BCUT2D eigenvalue weighted by atomic mass is 32.2. The second-order valence-corrected chi connectivity index (χ2v) is 7.06. The van der Waals surface area contributed by atoms with Gasteiger partial charge < -0.3 is 5.73 Å². The molecule has 0 fully saturated rings. The molecular weight excluding hydrogens is 334 g/mol. The van der Waals surface area contributed by atoms with Crippen molar-refractivity contribution >= 4 is 28.6 Å². The summed E-state index contributed by atoms with van der Waals surface area (Å²) in [6, 6.07) is 16.4. The first-order valence-corrected chi connectivity index (χ1v) is 8.89. The molecule has 3 aromatic rings. The smallest absolute Gasteiger partial charge is 0.262 e. The lowest BCUT2D eigenvalue weighted by Crippen LogP contribution is -2.26. The number of amides is 1. The van der Waals surface area contributed by atoms with Gasteiger partial charge in [0, 0.05) is 6.04 Å². The van der Waals surface area contributed by atoms with Crippen LogP contribution in [0.15, 0.2) is 64.5 Å². The number of hydrogen-bond donors (Lipinski definition) is 1. The summed E-state index contributed by atoms with van der Waals surface area (Å²) in [6.07, 6.45) is 0. The summed E-state index contributed by atoms with van der Waals surface area (Å²) in [5.41, 5.74) is 6.91. The lowest BCUT2D eigenvalue weighted by molar-refractivity contribution is -0.117. The van der Waals surface area contributed by atoms with Crippen LogP contribution in [0.4, 0.5) is 0 Å². The Labute approximate surface area is 149 Å². The molecule has 1 heterocycles. The Morgan fingerprint density at radius 1 is 1.08 bits per heavy atom. The molecule has 1 amide bonds. The number of thioether (sulfide) groups is 1. The van der Waals surface area contributed by atoms with E-state index in [0.29, 0.717) is 16.1 Å². The van der Waals surface area contributed by atoms with E-state index in [1.165, 1.54) is 11.8 Å². The number of nitrogens with two attached hydrogens (primary N) is 1. The summed E-state index contributed by atoms with van der Waals surface area (Å²) in [4.78, 5) is 29.5. The summed E-state index contributed by atoms with van der Waals surface area (Å²) < 4.78 is 1.62. The van der Waals surface area contributed by atoms with Crippen molar-refractivity contribution in [2.45, 2.75) is 30.3 Å². The normalized spacial score (nSPS) is 12.4. The summed E-state index contributed by atoms with van der Waals surface area (Å²) >= 11 is 1.21. The maximum atomic E-state index is 12.9. The molecule has 0 unspecified atom stereocenters. The summed E-state index contributed by atoms with van der Waals surface area (Å²) in [5.74, 6) is -0.464. The predicted octanol–water partition coefficient (Wildman–Crippen LogP) is 3.30. The molecule has 0 aliphatic heterocycles. The van der Waals surface area contributed by atoms with Crippen molar-refractivity contribution in [3.8, 4) is 0 Å². The number of nitrogens with zero attached hydrogens (tertiary/aromatic N) is 2. The highest BCUT2D eigenvalue weighted by molar-refractivity contribution is 8.00. The van der Waals surface area contributed by atoms with Crippen LogP contribution in [0.2, 0.25) is 0 Å². The highest BCUT2D eigenvalue weighted by Gasteiger charge is 2.23. The summed E-state index contributed by atoms with van der Waals surface area (Å²) in [5, 5.41) is 0.446. The molecule has 25 heavy (non-hydrogen) atoms. The van der Waals surface area contributed by atoms with Gasteiger partial charge in [0.25, 0.3) is 5.56 Å². The zero-order valence-electron chi connectivity index (χ0n) is 14.0. The number of aromatic nitrogens is 2. The van der Waals surface area contributed by atoms with E-state index in [0.717, 1.165) is 5.56 Å². The second-order valence-electron chi connectivity index (χ2n) is 5.99.